The van der Waals surface area contributed by atoms with Crippen molar-refractivity contribution in [2.24, 2.45) is 0 Å². The van der Waals surface area contributed by atoms with Crippen molar-refractivity contribution in [1.82, 2.24) is 0 Å². The Hall–Kier alpha value is -1.58. The second-order valence-corrected chi connectivity index (χ2v) is 16.0. The normalized spacial score (nSPS) is 13.3. The van der Waals surface area contributed by atoms with Crippen LogP contribution in [-0.4, -0.2) is 8.07 Å². The average Bonchev–Trinajstić information content (AvgIpc) is 3.36. The predicted molar refractivity (Wildman–Crippen MR) is 181 cm³/mol. The molecule has 0 saturated heterocycles. The molecule has 1 aliphatic rings. The molecule has 5 rings (SSSR count). The molecule has 4 aromatic carbocycles. The largest absolute Gasteiger partial charge is 4.00 e. The molecule has 1 aliphatic carbocycles. The van der Waals surface area contributed by atoms with Crippen molar-refractivity contribution in [2.75, 3.05) is 0 Å². The minimum absolute atomic E-state index is 0. The van der Waals surface area contributed by atoms with Crippen molar-refractivity contribution in [3.05, 3.63) is 137 Å². The number of benzene rings is 4. The van der Waals surface area contributed by atoms with Gasteiger partial charge in [0, 0.05) is 0 Å². The van der Waals surface area contributed by atoms with Crippen LogP contribution in [0.1, 0.15) is 99.6 Å². The second-order valence-electron chi connectivity index (χ2n) is 12.0. The first-order chi connectivity index (χ1) is 20.1. The second kappa shape index (κ2) is 19.9. The molecular formula is C40H47Cl3SiTi. The molecule has 0 bridgehead atoms. The predicted octanol–water partition coefficient (Wildman–Crippen LogP) is -0.372. The van der Waals surface area contributed by atoms with E-state index in [0.29, 0.717) is 5.54 Å². The van der Waals surface area contributed by atoms with Crippen LogP contribution in [0.2, 0.25) is 0 Å². The Bertz CT molecular complexity index is 1320. The first-order valence-electron chi connectivity index (χ1n) is 16.1. The van der Waals surface area contributed by atoms with Crippen LogP contribution in [0.15, 0.2) is 103 Å². The first-order valence-corrected chi connectivity index (χ1v) is 18.2. The molecule has 1 atom stereocenters. The molecule has 4 aromatic rings. The van der Waals surface area contributed by atoms with Gasteiger partial charge in [-0.25, -0.2) is 0 Å². The van der Waals surface area contributed by atoms with E-state index in [-0.39, 0.29) is 58.9 Å². The van der Waals surface area contributed by atoms with Gasteiger partial charge in [-0.05, 0) is 76.3 Å². The summed E-state index contributed by atoms with van der Waals surface area (Å²) in [6.07, 6.45) is 14.7. The summed E-state index contributed by atoms with van der Waals surface area (Å²) in [6, 6.07) is 38.4. The molecule has 5 heteroatoms. The van der Waals surface area contributed by atoms with Crippen molar-refractivity contribution < 1.29 is 58.9 Å². The van der Waals surface area contributed by atoms with E-state index in [9.17, 15) is 0 Å². The van der Waals surface area contributed by atoms with Gasteiger partial charge in [0.25, 0.3) is 0 Å². The fraction of sp³-hybridized carbons (Fsp3) is 0.350. The molecule has 0 heterocycles. The molecule has 0 radical (unpaired) electrons. The topological polar surface area (TPSA) is 0 Å². The zero-order valence-corrected chi connectivity index (χ0v) is 32.1. The summed E-state index contributed by atoms with van der Waals surface area (Å²) < 4.78 is 0. The quantitative estimate of drug-likeness (QED) is 0.101. The van der Waals surface area contributed by atoms with E-state index < -0.39 is 8.07 Å². The maximum absolute atomic E-state index is 3.83. The maximum atomic E-state index is 3.83. The van der Waals surface area contributed by atoms with Gasteiger partial charge in [-0.1, -0.05) is 126 Å². The van der Waals surface area contributed by atoms with E-state index in [1.807, 2.05) is 0 Å². The number of rotatable bonds is 13. The monoisotopic (exact) mass is 708 g/mol. The molecule has 0 fully saturated rings. The van der Waals surface area contributed by atoms with Gasteiger partial charge in [0.2, 0.25) is 0 Å². The molecule has 1 unspecified atom stereocenters. The Kier molecular flexibility index (Phi) is 18.4. The zero-order valence-electron chi connectivity index (χ0n) is 27.3. The van der Waals surface area contributed by atoms with Crippen LogP contribution in [-0.2, 0) is 41.0 Å². The summed E-state index contributed by atoms with van der Waals surface area (Å²) in [5.74, 6) is 0. The van der Waals surface area contributed by atoms with Gasteiger partial charge in [0.05, 0.1) is 0 Å². The summed E-state index contributed by atoms with van der Waals surface area (Å²) in [5.41, 5.74) is 8.75. The smallest absolute Gasteiger partial charge is 1.00 e. The van der Waals surface area contributed by atoms with Gasteiger partial charge in [-0.15, -0.1) is 23.3 Å². The van der Waals surface area contributed by atoms with Crippen molar-refractivity contribution in [2.45, 2.75) is 91.0 Å². The van der Waals surface area contributed by atoms with E-state index in [4.69, 9.17) is 0 Å². The molecule has 0 saturated carbocycles. The van der Waals surface area contributed by atoms with Gasteiger partial charge in [-0.2, -0.15) is 17.7 Å². The van der Waals surface area contributed by atoms with Gasteiger partial charge in [0.15, 0.2) is 0 Å². The molecule has 0 aliphatic heterocycles. The Morgan fingerprint density at radius 1 is 0.533 bits per heavy atom. The summed E-state index contributed by atoms with van der Waals surface area (Å²) >= 11 is 0. The van der Waals surface area contributed by atoms with E-state index in [1.54, 1.807) is 0 Å². The maximum Gasteiger partial charge on any atom is 4.00 e. The number of fused-ring (bicyclic) bond motifs is 1. The first kappa shape index (κ1) is 41.4. The minimum atomic E-state index is -2.57. The van der Waals surface area contributed by atoms with Crippen LogP contribution in [0.25, 0.3) is 0 Å². The Morgan fingerprint density at radius 3 is 1.24 bits per heavy atom. The standard InChI is InChI=1S/C40H47Si.3ClH.Ti/c1-5-8-13-32-18-24-36(25-19-32)41(37-26-20-33(21-27-37)14-9-6-2,38-28-22-34(23-29-38)15-10-7-3)40-31(4)30-35-16-11-12-17-39(35)40;;;;/h11-12,16-29,40H,5-10,13-15H2,1-4H3;3*1H;/q-1;;;;+4/p-3. The summed E-state index contributed by atoms with van der Waals surface area (Å²) in [6.45, 7) is 9.17. The number of hydrogen-bond donors (Lipinski definition) is 0. The van der Waals surface area contributed by atoms with E-state index in [2.05, 4.69) is 131 Å². The van der Waals surface area contributed by atoms with E-state index in [1.165, 1.54) is 87.5 Å². The van der Waals surface area contributed by atoms with E-state index in [0.717, 1.165) is 19.3 Å². The zero-order chi connectivity index (χ0) is 28.7. The molecule has 0 spiro atoms. The van der Waals surface area contributed by atoms with E-state index >= 15 is 0 Å². The van der Waals surface area contributed by atoms with Gasteiger partial charge in [-0.3, -0.25) is 0 Å². The SMILES string of the molecule is CCCCc1ccc([Si](c2ccc(CCCC)cc2)(c2ccc(CCCC)cc2)C2C(C)=[C-]c3ccccc32)cc1.[Cl-].[Cl-].[Cl-].[Ti+4]. The van der Waals surface area contributed by atoms with Crippen LogP contribution in [0.3, 0.4) is 0 Å². The number of aryl methyl sites for hydroxylation is 3. The molecule has 0 N–H and O–H groups in total. The van der Waals surface area contributed by atoms with Crippen molar-refractivity contribution in [1.29, 1.82) is 0 Å². The Balaban J connectivity index is 0.00000253. The van der Waals surface area contributed by atoms with Crippen LogP contribution in [0, 0.1) is 6.08 Å². The third-order valence-electron chi connectivity index (χ3n) is 9.15. The number of unbranched alkanes of at least 4 members (excludes halogenated alkanes) is 3. The number of halogens is 3. The van der Waals surface area contributed by atoms with Crippen LogP contribution in [0.4, 0.5) is 0 Å². The van der Waals surface area contributed by atoms with Crippen LogP contribution >= 0.6 is 0 Å². The van der Waals surface area contributed by atoms with Crippen molar-refractivity contribution in [3.63, 3.8) is 0 Å². The Morgan fingerprint density at radius 2 is 0.889 bits per heavy atom. The van der Waals surface area contributed by atoms with Gasteiger partial charge < -0.3 is 37.2 Å². The van der Waals surface area contributed by atoms with Crippen LogP contribution in [0.5, 0.6) is 0 Å². The minimum Gasteiger partial charge on any atom is -1.00 e. The third kappa shape index (κ3) is 9.07. The fourth-order valence-electron chi connectivity index (χ4n) is 6.88. The number of allylic oxidation sites excluding steroid dienone is 1. The summed E-state index contributed by atoms with van der Waals surface area (Å²) in [4.78, 5) is 0. The molecular weight excluding hydrogens is 663 g/mol. The summed E-state index contributed by atoms with van der Waals surface area (Å²) in [5, 5.41) is 4.51. The summed E-state index contributed by atoms with van der Waals surface area (Å²) in [7, 11) is -2.57. The van der Waals surface area contributed by atoms with Gasteiger partial charge in [0.1, 0.15) is 8.07 Å². The molecule has 0 aromatic heterocycles. The fourth-order valence-corrected chi connectivity index (χ4v) is 12.4. The molecule has 45 heavy (non-hydrogen) atoms. The average molecular weight is 710 g/mol. The third-order valence-corrected chi connectivity index (χ3v) is 14.5. The molecule has 236 valence electrons. The molecule has 0 nitrogen and oxygen atoms in total. The van der Waals surface area contributed by atoms with Gasteiger partial charge >= 0.3 is 21.7 Å². The van der Waals surface area contributed by atoms with Crippen molar-refractivity contribution in [3.8, 4) is 0 Å². The van der Waals surface area contributed by atoms with Crippen molar-refractivity contribution >= 4 is 23.6 Å². The molecule has 0 amide bonds. The Labute approximate surface area is 308 Å². The number of hydrogen-bond acceptors (Lipinski definition) is 0. The van der Waals surface area contributed by atoms with Crippen LogP contribution < -0.4 is 52.8 Å².